The van der Waals surface area contributed by atoms with Gasteiger partial charge in [-0.15, -0.1) is 0 Å². The first kappa shape index (κ1) is 13.8. The third-order valence-corrected chi connectivity index (χ3v) is 4.70. The molecule has 1 aliphatic rings. The maximum Gasteiger partial charge on any atom is 0.0620 e. The molecular formula is C14H22N2OS. The average molecular weight is 266 g/mol. The average Bonchev–Trinajstić information content (AvgIpc) is 2.93. The number of aromatic nitrogens is 1. The molecule has 2 rings (SSSR count). The molecule has 1 aliphatic heterocycles. The quantitative estimate of drug-likeness (QED) is 0.822. The van der Waals surface area contributed by atoms with Crippen LogP contribution in [0.25, 0.3) is 0 Å². The Bertz CT molecular complexity index is 328. The van der Waals surface area contributed by atoms with Crippen LogP contribution in [0.5, 0.6) is 0 Å². The van der Waals surface area contributed by atoms with Crippen LogP contribution in [0.1, 0.15) is 25.3 Å². The van der Waals surface area contributed by atoms with E-state index < -0.39 is 0 Å². The van der Waals surface area contributed by atoms with Crippen LogP contribution in [0.4, 0.5) is 0 Å². The van der Waals surface area contributed by atoms with E-state index in [1.807, 2.05) is 30.2 Å². The normalized spacial score (nSPS) is 21.1. The van der Waals surface area contributed by atoms with Gasteiger partial charge in [-0.3, -0.25) is 4.98 Å². The molecule has 0 amide bonds. The van der Waals surface area contributed by atoms with Gasteiger partial charge in [0.15, 0.2) is 0 Å². The van der Waals surface area contributed by atoms with Crippen LogP contribution in [0, 0.1) is 0 Å². The summed E-state index contributed by atoms with van der Waals surface area (Å²) in [6.07, 6.45) is 6.14. The Labute approximate surface area is 114 Å². The molecule has 0 aliphatic carbocycles. The van der Waals surface area contributed by atoms with E-state index in [9.17, 15) is 0 Å². The van der Waals surface area contributed by atoms with E-state index in [0.29, 0.717) is 11.3 Å². The van der Waals surface area contributed by atoms with Crippen molar-refractivity contribution in [1.29, 1.82) is 0 Å². The Morgan fingerprint density at radius 3 is 3.22 bits per heavy atom. The molecule has 0 bridgehead atoms. The standard InChI is InChI=1S/C14H22N2OS/c1-2-14(9-16-13-5-7-17-10-13)18-11-12-4-3-6-15-8-12/h3-4,6,8,13-14,16H,2,5,7,9-11H2,1H3. The fourth-order valence-electron chi connectivity index (χ4n) is 2.01. The first-order chi connectivity index (χ1) is 8.88. The molecule has 18 heavy (non-hydrogen) atoms. The number of hydrogen-bond acceptors (Lipinski definition) is 4. The summed E-state index contributed by atoms with van der Waals surface area (Å²) in [4.78, 5) is 4.15. The summed E-state index contributed by atoms with van der Waals surface area (Å²) in [6, 6.07) is 4.72. The minimum absolute atomic E-state index is 0.568. The molecule has 2 atom stereocenters. The molecule has 100 valence electrons. The Morgan fingerprint density at radius 2 is 2.56 bits per heavy atom. The molecule has 0 radical (unpaired) electrons. The highest BCUT2D eigenvalue weighted by Crippen LogP contribution is 2.19. The van der Waals surface area contributed by atoms with Gasteiger partial charge in [0.2, 0.25) is 0 Å². The van der Waals surface area contributed by atoms with Gasteiger partial charge < -0.3 is 10.1 Å². The summed E-state index contributed by atoms with van der Waals surface area (Å²) in [5.74, 6) is 1.05. The zero-order valence-electron chi connectivity index (χ0n) is 11.0. The van der Waals surface area contributed by atoms with Crippen LogP contribution < -0.4 is 5.32 Å². The first-order valence-electron chi connectivity index (χ1n) is 6.70. The third-order valence-electron chi connectivity index (χ3n) is 3.23. The Kier molecular flexibility index (Phi) is 5.97. The number of nitrogens with one attached hydrogen (secondary N) is 1. The molecule has 1 aromatic heterocycles. The summed E-state index contributed by atoms with van der Waals surface area (Å²) >= 11 is 2.01. The van der Waals surface area contributed by atoms with Crippen LogP contribution in [-0.2, 0) is 10.5 Å². The van der Waals surface area contributed by atoms with Crippen molar-refractivity contribution >= 4 is 11.8 Å². The van der Waals surface area contributed by atoms with Gasteiger partial charge in [0.25, 0.3) is 0 Å². The van der Waals surface area contributed by atoms with Crippen LogP contribution in [0.3, 0.4) is 0 Å². The zero-order valence-corrected chi connectivity index (χ0v) is 11.8. The number of ether oxygens (including phenoxy) is 1. The Hall–Kier alpha value is -0.580. The molecule has 0 aromatic carbocycles. The topological polar surface area (TPSA) is 34.1 Å². The molecule has 1 fully saturated rings. The molecule has 1 aromatic rings. The van der Waals surface area contributed by atoms with Crippen LogP contribution in [-0.4, -0.2) is 36.0 Å². The fourth-order valence-corrected chi connectivity index (χ4v) is 3.06. The fraction of sp³-hybridized carbons (Fsp3) is 0.643. The Balaban J connectivity index is 1.68. The summed E-state index contributed by atoms with van der Waals surface area (Å²) in [7, 11) is 0. The SMILES string of the molecule is CCC(CNC1CCOC1)SCc1cccnc1. The van der Waals surface area contributed by atoms with E-state index in [0.717, 1.165) is 31.9 Å². The van der Waals surface area contributed by atoms with Crippen molar-refractivity contribution in [2.75, 3.05) is 19.8 Å². The van der Waals surface area contributed by atoms with Crippen molar-refractivity contribution in [3.05, 3.63) is 30.1 Å². The smallest absolute Gasteiger partial charge is 0.0620 e. The zero-order chi connectivity index (χ0) is 12.6. The van der Waals surface area contributed by atoms with Gasteiger partial charge in [0.1, 0.15) is 0 Å². The lowest BCUT2D eigenvalue weighted by molar-refractivity contribution is 0.190. The van der Waals surface area contributed by atoms with Gasteiger partial charge in [-0.25, -0.2) is 0 Å². The molecule has 2 unspecified atom stereocenters. The number of thioether (sulfide) groups is 1. The number of hydrogen-bond donors (Lipinski definition) is 1. The molecule has 3 nitrogen and oxygen atoms in total. The molecule has 1 N–H and O–H groups in total. The number of nitrogens with zero attached hydrogens (tertiary/aromatic N) is 1. The summed E-state index contributed by atoms with van der Waals surface area (Å²) in [5.41, 5.74) is 1.31. The van der Waals surface area contributed by atoms with Crippen LogP contribution in [0.2, 0.25) is 0 Å². The predicted molar refractivity (Wildman–Crippen MR) is 76.8 cm³/mol. The minimum Gasteiger partial charge on any atom is -0.380 e. The lowest BCUT2D eigenvalue weighted by atomic mass is 10.2. The maximum atomic E-state index is 5.37. The second kappa shape index (κ2) is 7.77. The van der Waals surface area contributed by atoms with E-state index in [4.69, 9.17) is 4.74 Å². The van der Waals surface area contributed by atoms with Gasteiger partial charge in [0, 0.05) is 42.6 Å². The van der Waals surface area contributed by atoms with Crippen LogP contribution in [0.15, 0.2) is 24.5 Å². The first-order valence-corrected chi connectivity index (χ1v) is 7.75. The molecule has 0 saturated carbocycles. The third kappa shape index (κ3) is 4.59. The lowest BCUT2D eigenvalue weighted by Crippen LogP contribution is -2.34. The van der Waals surface area contributed by atoms with Gasteiger partial charge in [-0.05, 0) is 24.5 Å². The second-order valence-electron chi connectivity index (χ2n) is 4.67. The summed E-state index contributed by atoms with van der Waals surface area (Å²) < 4.78 is 5.37. The largest absolute Gasteiger partial charge is 0.380 e. The monoisotopic (exact) mass is 266 g/mol. The minimum atomic E-state index is 0.568. The molecule has 4 heteroatoms. The predicted octanol–water partition coefficient (Wildman–Crippen LogP) is 2.47. The number of pyridine rings is 1. The lowest BCUT2D eigenvalue weighted by Gasteiger charge is -2.18. The van der Waals surface area contributed by atoms with E-state index in [2.05, 4.69) is 23.3 Å². The molecule has 1 saturated heterocycles. The van der Waals surface area contributed by atoms with Crippen molar-refractivity contribution in [2.45, 2.75) is 36.8 Å². The molecule has 2 heterocycles. The van der Waals surface area contributed by atoms with Crippen molar-refractivity contribution in [3.63, 3.8) is 0 Å². The summed E-state index contributed by atoms with van der Waals surface area (Å²) in [5, 5.41) is 4.28. The highest BCUT2D eigenvalue weighted by molar-refractivity contribution is 7.99. The van der Waals surface area contributed by atoms with E-state index in [1.54, 1.807) is 0 Å². The van der Waals surface area contributed by atoms with Gasteiger partial charge >= 0.3 is 0 Å². The van der Waals surface area contributed by atoms with Gasteiger partial charge in [0.05, 0.1) is 6.61 Å². The van der Waals surface area contributed by atoms with Crippen molar-refractivity contribution in [2.24, 2.45) is 0 Å². The van der Waals surface area contributed by atoms with E-state index in [1.165, 1.54) is 12.0 Å². The summed E-state index contributed by atoms with van der Waals surface area (Å²) in [6.45, 7) is 5.13. The van der Waals surface area contributed by atoms with Gasteiger partial charge in [-0.2, -0.15) is 11.8 Å². The Morgan fingerprint density at radius 1 is 1.61 bits per heavy atom. The second-order valence-corrected chi connectivity index (χ2v) is 5.96. The van der Waals surface area contributed by atoms with Crippen LogP contribution >= 0.6 is 11.8 Å². The number of rotatable bonds is 7. The van der Waals surface area contributed by atoms with Gasteiger partial charge in [-0.1, -0.05) is 13.0 Å². The molecular weight excluding hydrogens is 244 g/mol. The van der Waals surface area contributed by atoms with Crippen molar-refractivity contribution in [3.8, 4) is 0 Å². The van der Waals surface area contributed by atoms with E-state index in [-0.39, 0.29) is 0 Å². The maximum absolute atomic E-state index is 5.37. The highest BCUT2D eigenvalue weighted by atomic mass is 32.2. The highest BCUT2D eigenvalue weighted by Gasteiger charge is 2.16. The van der Waals surface area contributed by atoms with Crippen molar-refractivity contribution in [1.82, 2.24) is 10.3 Å². The molecule has 0 spiro atoms. The van der Waals surface area contributed by atoms with E-state index >= 15 is 0 Å². The van der Waals surface area contributed by atoms with Crippen molar-refractivity contribution < 1.29 is 4.74 Å².